The van der Waals surface area contributed by atoms with Gasteiger partial charge in [0.25, 0.3) is 0 Å². The van der Waals surface area contributed by atoms with Crippen LogP contribution in [0.25, 0.3) is 0 Å². The van der Waals surface area contributed by atoms with Gasteiger partial charge in [-0.15, -0.1) is 0 Å². The smallest absolute Gasteiger partial charge is 0.431 e. The molecule has 5 nitrogen and oxygen atoms in total. The molecule has 0 atom stereocenters. The Kier molecular flexibility index (Phi) is 6.24. The molecule has 0 radical (unpaired) electrons. The molecule has 0 aromatic heterocycles. The predicted molar refractivity (Wildman–Crippen MR) is 46.2 cm³/mol. The summed E-state index contributed by atoms with van der Waals surface area (Å²) in [6, 6.07) is 1.67. The number of rotatable bonds is 4. The van der Waals surface area contributed by atoms with Crippen molar-refractivity contribution in [3.05, 3.63) is 0 Å². The van der Waals surface area contributed by atoms with Crippen LogP contribution in [0.1, 0.15) is 26.2 Å². The summed E-state index contributed by atoms with van der Waals surface area (Å²) in [4.78, 5) is 10.8. The third kappa shape index (κ3) is 6.81. The van der Waals surface area contributed by atoms with E-state index >= 15 is 0 Å². The van der Waals surface area contributed by atoms with Crippen molar-refractivity contribution in [3.63, 3.8) is 0 Å². The first-order chi connectivity index (χ1) is 6.20. The number of nitrogens with two attached hydrogens (primary N) is 1. The lowest BCUT2D eigenvalue weighted by Gasteiger charge is -1.99. The van der Waals surface area contributed by atoms with E-state index in [9.17, 15) is 4.79 Å². The van der Waals surface area contributed by atoms with Crippen LogP contribution in [-0.2, 0) is 9.53 Å². The zero-order chi connectivity index (χ0) is 10.1. The van der Waals surface area contributed by atoms with Gasteiger partial charge in [-0.2, -0.15) is 10.6 Å². The molecule has 0 fully saturated rings. The van der Waals surface area contributed by atoms with Gasteiger partial charge in [0.05, 0.1) is 12.7 Å². The number of nitriles is 1. The third-order valence-electron chi connectivity index (χ3n) is 1.26. The fraction of sp³-hybridized carbons (Fsp3) is 0.625. The average Bonchev–Trinajstić information content (AvgIpc) is 2.05. The number of hydrogen-bond donors (Lipinski definition) is 2. The molecular weight excluding hydrogens is 170 g/mol. The lowest BCUT2D eigenvalue weighted by molar-refractivity contribution is -0.149. The van der Waals surface area contributed by atoms with Gasteiger partial charge in [0.2, 0.25) is 0 Å². The third-order valence-corrected chi connectivity index (χ3v) is 1.26. The maximum absolute atomic E-state index is 10.8. The van der Waals surface area contributed by atoms with E-state index in [2.05, 4.69) is 5.32 Å². The van der Waals surface area contributed by atoms with E-state index in [4.69, 9.17) is 15.4 Å². The molecule has 0 rings (SSSR count). The molecule has 3 N–H and O–H groups in total. The molecule has 0 aliphatic heterocycles. The monoisotopic (exact) mass is 184 g/mol. The number of carbonyl (C=O) groups excluding carboxylic acids is 1. The Morgan fingerprint density at radius 3 is 2.92 bits per heavy atom. The summed E-state index contributed by atoms with van der Waals surface area (Å²) in [5.74, 6) is -0.448. The quantitative estimate of drug-likeness (QED) is 0.332. The van der Waals surface area contributed by atoms with E-state index in [0.29, 0.717) is 6.61 Å². The van der Waals surface area contributed by atoms with E-state index in [0.717, 1.165) is 12.8 Å². The van der Waals surface area contributed by atoms with Crippen LogP contribution >= 0.6 is 0 Å². The highest BCUT2D eigenvalue weighted by molar-refractivity contribution is 5.92. The molecule has 0 aromatic carbocycles. The molecule has 0 saturated carbocycles. The summed E-state index contributed by atoms with van der Waals surface area (Å²) < 4.78 is 4.95. The van der Waals surface area contributed by atoms with E-state index < -0.39 is 5.91 Å². The topological polar surface area (TPSA) is 87.7 Å². The van der Waals surface area contributed by atoms with Crippen molar-refractivity contribution in [1.29, 1.82) is 5.26 Å². The van der Waals surface area contributed by atoms with Crippen molar-refractivity contribution in [1.82, 2.24) is 5.32 Å². The second-order valence-electron chi connectivity index (χ2n) is 2.45. The van der Waals surface area contributed by atoms with Gasteiger partial charge in [0.15, 0.2) is 0 Å². The van der Waals surface area contributed by atoms with Gasteiger partial charge in [0.1, 0.15) is 6.42 Å². The first-order valence-electron chi connectivity index (χ1n) is 4.12. The highest BCUT2D eigenvalue weighted by atomic mass is 16.5. The van der Waals surface area contributed by atoms with E-state index in [1.807, 2.05) is 6.92 Å². The zero-order valence-corrected chi connectivity index (χ0v) is 7.67. The fourth-order valence-electron chi connectivity index (χ4n) is 0.616. The zero-order valence-electron chi connectivity index (χ0n) is 7.67. The molecule has 0 aromatic rings. The van der Waals surface area contributed by atoms with Crippen LogP contribution < -0.4 is 10.7 Å². The van der Waals surface area contributed by atoms with Gasteiger partial charge in [-0.05, 0) is 6.42 Å². The molecule has 72 valence electrons. The Morgan fingerprint density at radius 1 is 1.69 bits per heavy atom. The second kappa shape index (κ2) is 7.10. The Bertz CT molecular complexity index is 220. The highest BCUT2D eigenvalue weighted by Gasteiger charge is 2.11. The molecule has 0 saturated heterocycles. The standard InChI is InChI=1S/C8H13N3O2/c1-2-3-6-13-8(10)11-7(12)4-5-9/h2-4,6H2,1H3,(H2,10,11,12)/p+1. The van der Waals surface area contributed by atoms with Crippen molar-refractivity contribution in [2.45, 2.75) is 26.2 Å². The first kappa shape index (κ1) is 11.4. The van der Waals surface area contributed by atoms with Crippen LogP contribution in [-0.4, -0.2) is 18.5 Å². The number of amidine groups is 1. The molecular formula is C8H14N3O2+. The average molecular weight is 184 g/mol. The van der Waals surface area contributed by atoms with Gasteiger partial charge < -0.3 is 4.74 Å². The molecule has 13 heavy (non-hydrogen) atoms. The van der Waals surface area contributed by atoms with Crippen LogP contribution in [0.15, 0.2) is 0 Å². The molecule has 5 heteroatoms. The summed E-state index contributed by atoms with van der Waals surface area (Å²) in [5, 5.41) is 15.7. The Balaban J connectivity index is 3.51. The second-order valence-corrected chi connectivity index (χ2v) is 2.45. The number of carbonyl (C=O) groups is 1. The predicted octanol–water partition coefficient (Wildman–Crippen LogP) is -1.05. The molecule has 0 heterocycles. The summed E-state index contributed by atoms with van der Waals surface area (Å²) >= 11 is 0. The number of amides is 1. The SMILES string of the molecule is CCCCOC(=[NH2+])NC(=O)CC#N. The first-order valence-corrected chi connectivity index (χ1v) is 4.12. The van der Waals surface area contributed by atoms with Crippen LogP contribution in [0, 0.1) is 11.3 Å². The largest absolute Gasteiger partial charge is 0.447 e. The van der Waals surface area contributed by atoms with Crippen LogP contribution in [0.4, 0.5) is 0 Å². The van der Waals surface area contributed by atoms with E-state index in [1.54, 1.807) is 6.07 Å². The maximum Gasteiger partial charge on any atom is 0.447 e. The Morgan fingerprint density at radius 2 is 2.38 bits per heavy atom. The van der Waals surface area contributed by atoms with Gasteiger partial charge in [-0.25, -0.2) is 4.79 Å². The fourth-order valence-corrected chi connectivity index (χ4v) is 0.616. The molecule has 1 amide bonds. The number of nitrogens with zero attached hydrogens (tertiary/aromatic N) is 1. The number of nitrogens with one attached hydrogen (secondary N) is 1. The number of ether oxygens (including phenoxy) is 1. The minimum Gasteiger partial charge on any atom is -0.431 e. The van der Waals surface area contributed by atoms with Crippen molar-refractivity contribution >= 4 is 11.9 Å². The van der Waals surface area contributed by atoms with Gasteiger partial charge >= 0.3 is 11.9 Å². The van der Waals surface area contributed by atoms with Crippen molar-refractivity contribution < 1.29 is 14.9 Å². The lowest BCUT2D eigenvalue weighted by Crippen LogP contribution is -2.52. The van der Waals surface area contributed by atoms with Crippen LogP contribution in [0.3, 0.4) is 0 Å². The summed E-state index contributed by atoms with van der Waals surface area (Å²) in [6.45, 7) is 2.50. The maximum atomic E-state index is 10.8. The summed E-state index contributed by atoms with van der Waals surface area (Å²) in [5.41, 5.74) is 0. The van der Waals surface area contributed by atoms with Gasteiger partial charge in [0, 0.05) is 0 Å². The molecule has 0 unspecified atom stereocenters. The van der Waals surface area contributed by atoms with Crippen molar-refractivity contribution in [2.24, 2.45) is 0 Å². The molecule has 0 spiro atoms. The summed E-state index contributed by atoms with van der Waals surface area (Å²) in [6.07, 6.45) is 1.67. The van der Waals surface area contributed by atoms with Crippen molar-refractivity contribution in [3.8, 4) is 6.07 Å². The number of hydrogen-bond acceptors (Lipinski definition) is 3. The molecule has 0 aliphatic rings. The molecule has 0 aliphatic carbocycles. The molecule has 0 bridgehead atoms. The van der Waals surface area contributed by atoms with Crippen LogP contribution in [0.5, 0.6) is 0 Å². The normalized spacial score (nSPS) is 8.62. The van der Waals surface area contributed by atoms with Gasteiger partial charge in [-0.1, -0.05) is 13.3 Å². The van der Waals surface area contributed by atoms with E-state index in [-0.39, 0.29) is 12.4 Å². The number of unbranched alkanes of at least 4 members (excludes halogenated alkanes) is 1. The van der Waals surface area contributed by atoms with Gasteiger partial charge in [-0.3, -0.25) is 5.41 Å². The van der Waals surface area contributed by atoms with Crippen molar-refractivity contribution in [2.75, 3.05) is 6.61 Å². The van der Waals surface area contributed by atoms with Crippen LogP contribution in [0.2, 0.25) is 0 Å². The Hall–Kier alpha value is -1.57. The minimum atomic E-state index is -0.448. The highest BCUT2D eigenvalue weighted by Crippen LogP contribution is 1.86. The Labute approximate surface area is 77.2 Å². The van der Waals surface area contributed by atoms with E-state index in [1.165, 1.54) is 0 Å². The lowest BCUT2D eigenvalue weighted by atomic mass is 10.4. The minimum absolute atomic E-state index is 0.0336. The summed E-state index contributed by atoms with van der Waals surface area (Å²) in [7, 11) is 0.